The number of carbonyl (C=O) groups is 2. The van der Waals surface area contributed by atoms with E-state index in [1.165, 1.54) is 6.92 Å². The quantitative estimate of drug-likeness (QED) is 0.885. The fourth-order valence-corrected chi connectivity index (χ4v) is 2.40. The first-order chi connectivity index (χ1) is 10.1. The molecule has 2 aromatic carbocycles. The van der Waals surface area contributed by atoms with Crippen molar-refractivity contribution in [2.75, 3.05) is 0 Å². The molecule has 108 valence electrons. The molecular weight excluding hydrogens is 266 g/mol. The highest BCUT2D eigenvalue weighted by Gasteiger charge is 2.31. The molecule has 0 bridgehead atoms. The maximum absolute atomic E-state index is 11.6. The van der Waals surface area contributed by atoms with Crippen molar-refractivity contribution in [3.8, 4) is 0 Å². The highest BCUT2D eigenvalue weighted by atomic mass is 16.4. The molecule has 0 spiro atoms. The number of hydrogen-bond donors (Lipinski definition) is 2. The zero-order chi connectivity index (χ0) is 15.2. The monoisotopic (exact) mass is 283 g/mol. The minimum Gasteiger partial charge on any atom is -0.480 e. The number of amides is 1. The molecule has 2 N–H and O–H groups in total. The Morgan fingerprint density at radius 1 is 0.905 bits per heavy atom. The lowest BCUT2D eigenvalue weighted by atomic mass is 9.85. The Morgan fingerprint density at radius 2 is 1.33 bits per heavy atom. The largest absolute Gasteiger partial charge is 0.480 e. The number of nitrogens with one attached hydrogen (secondary N) is 1. The molecule has 0 radical (unpaired) electrons. The number of carbonyl (C=O) groups excluding carboxylic acids is 1. The highest BCUT2D eigenvalue weighted by Crippen LogP contribution is 2.28. The van der Waals surface area contributed by atoms with Gasteiger partial charge in [-0.1, -0.05) is 60.7 Å². The molecule has 2 rings (SSSR count). The molecule has 0 aliphatic carbocycles. The molecule has 0 heterocycles. The van der Waals surface area contributed by atoms with Crippen LogP contribution in [0, 0.1) is 0 Å². The lowest BCUT2D eigenvalue weighted by Crippen LogP contribution is -2.44. The predicted octanol–water partition coefficient (Wildman–Crippen LogP) is 2.41. The Bertz CT molecular complexity index is 571. The Balaban J connectivity index is 2.49. The molecule has 1 amide bonds. The molecule has 4 nitrogen and oxygen atoms in total. The van der Waals surface area contributed by atoms with Crippen molar-refractivity contribution in [1.82, 2.24) is 5.32 Å². The maximum atomic E-state index is 11.6. The van der Waals surface area contributed by atoms with Crippen LogP contribution in [-0.2, 0) is 9.59 Å². The lowest BCUT2D eigenvalue weighted by molar-refractivity contribution is -0.141. The van der Waals surface area contributed by atoms with Gasteiger partial charge in [0.25, 0.3) is 0 Å². The van der Waals surface area contributed by atoms with Crippen LogP contribution in [0.3, 0.4) is 0 Å². The second-order valence-corrected chi connectivity index (χ2v) is 4.82. The predicted molar refractivity (Wildman–Crippen MR) is 80.0 cm³/mol. The van der Waals surface area contributed by atoms with E-state index in [-0.39, 0.29) is 5.91 Å². The van der Waals surface area contributed by atoms with Gasteiger partial charge in [-0.25, -0.2) is 4.79 Å². The summed E-state index contributed by atoms with van der Waals surface area (Å²) < 4.78 is 0. The van der Waals surface area contributed by atoms with Crippen molar-refractivity contribution in [1.29, 1.82) is 0 Å². The number of benzene rings is 2. The molecule has 2 aromatic rings. The minimum atomic E-state index is -1.05. The Hall–Kier alpha value is -2.62. The summed E-state index contributed by atoms with van der Waals surface area (Å²) in [5.41, 5.74) is 1.70. The second kappa shape index (κ2) is 6.70. The Labute approximate surface area is 123 Å². The Kier molecular flexibility index (Phi) is 4.72. The third kappa shape index (κ3) is 3.69. The van der Waals surface area contributed by atoms with Gasteiger partial charge in [0.1, 0.15) is 6.04 Å². The topological polar surface area (TPSA) is 66.4 Å². The first kappa shape index (κ1) is 14.8. The van der Waals surface area contributed by atoms with Gasteiger partial charge in [0.15, 0.2) is 0 Å². The van der Waals surface area contributed by atoms with E-state index in [1.54, 1.807) is 0 Å². The third-order valence-corrected chi connectivity index (χ3v) is 3.28. The highest BCUT2D eigenvalue weighted by molar-refractivity contribution is 5.83. The summed E-state index contributed by atoms with van der Waals surface area (Å²) in [7, 11) is 0. The molecule has 0 aliphatic heterocycles. The van der Waals surface area contributed by atoms with Crippen molar-refractivity contribution in [2.45, 2.75) is 18.9 Å². The van der Waals surface area contributed by atoms with Crippen molar-refractivity contribution in [3.63, 3.8) is 0 Å². The summed E-state index contributed by atoms with van der Waals surface area (Å²) in [5, 5.41) is 12.0. The number of aliphatic carboxylic acids is 1. The summed E-state index contributed by atoms with van der Waals surface area (Å²) in [5.74, 6) is -1.85. The minimum absolute atomic E-state index is 0.362. The fourth-order valence-electron chi connectivity index (χ4n) is 2.40. The van der Waals surface area contributed by atoms with Gasteiger partial charge in [0.05, 0.1) is 0 Å². The van der Waals surface area contributed by atoms with Gasteiger partial charge < -0.3 is 10.4 Å². The van der Waals surface area contributed by atoms with Crippen LogP contribution >= 0.6 is 0 Å². The summed E-state index contributed by atoms with van der Waals surface area (Å²) in [4.78, 5) is 23.0. The van der Waals surface area contributed by atoms with Crippen LogP contribution in [0.5, 0.6) is 0 Å². The fraction of sp³-hybridized carbons (Fsp3) is 0.176. The molecule has 0 saturated heterocycles. The first-order valence-electron chi connectivity index (χ1n) is 6.69. The number of carboxylic acid groups (broad SMARTS) is 1. The first-order valence-corrected chi connectivity index (χ1v) is 6.69. The maximum Gasteiger partial charge on any atom is 0.327 e. The number of rotatable bonds is 5. The standard InChI is InChI=1S/C17H17NO3/c1-12(19)18-16(17(20)21)15(13-8-4-2-5-9-13)14-10-6-3-7-11-14/h2-11,15-16H,1H3,(H,18,19)(H,20,21). The normalized spacial score (nSPS) is 11.9. The van der Waals surface area contributed by atoms with Crippen LogP contribution < -0.4 is 5.32 Å². The van der Waals surface area contributed by atoms with E-state index < -0.39 is 17.9 Å². The van der Waals surface area contributed by atoms with Gasteiger partial charge in [-0.15, -0.1) is 0 Å². The zero-order valence-corrected chi connectivity index (χ0v) is 11.7. The van der Waals surface area contributed by atoms with Crippen molar-refractivity contribution >= 4 is 11.9 Å². The van der Waals surface area contributed by atoms with Crippen LogP contribution in [0.1, 0.15) is 24.0 Å². The number of carboxylic acids is 1. The molecule has 0 saturated carbocycles. The summed E-state index contributed by atoms with van der Waals surface area (Å²) in [6, 6.07) is 17.7. The summed E-state index contributed by atoms with van der Waals surface area (Å²) >= 11 is 0. The zero-order valence-electron chi connectivity index (χ0n) is 11.7. The molecule has 1 atom stereocenters. The van der Waals surface area contributed by atoms with E-state index in [1.807, 2.05) is 60.7 Å². The van der Waals surface area contributed by atoms with E-state index in [0.29, 0.717) is 0 Å². The Morgan fingerprint density at radius 3 is 1.67 bits per heavy atom. The molecule has 21 heavy (non-hydrogen) atoms. The van der Waals surface area contributed by atoms with Gasteiger partial charge in [-0.05, 0) is 11.1 Å². The van der Waals surface area contributed by atoms with E-state index in [9.17, 15) is 14.7 Å². The molecule has 0 aromatic heterocycles. The van der Waals surface area contributed by atoms with Crippen molar-refractivity contribution < 1.29 is 14.7 Å². The van der Waals surface area contributed by atoms with Crippen LogP contribution in [0.15, 0.2) is 60.7 Å². The lowest BCUT2D eigenvalue weighted by Gasteiger charge is -2.25. The van der Waals surface area contributed by atoms with Gasteiger partial charge in [-0.3, -0.25) is 4.79 Å². The van der Waals surface area contributed by atoms with Crippen molar-refractivity contribution in [2.24, 2.45) is 0 Å². The van der Waals surface area contributed by atoms with Gasteiger partial charge in [0, 0.05) is 12.8 Å². The van der Waals surface area contributed by atoms with E-state index >= 15 is 0 Å². The van der Waals surface area contributed by atoms with Crippen LogP contribution in [0.4, 0.5) is 0 Å². The summed E-state index contributed by atoms with van der Waals surface area (Å²) in [6.45, 7) is 1.32. The van der Waals surface area contributed by atoms with E-state index in [2.05, 4.69) is 5.32 Å². The SMILES string of the molecule is CC(=O)NC(C(=O)O)C(c1ccccc1)c1ccccc1. The van der Waals surface area contributed by atoms with Crippen LogP contribution in [0.25, 0.3) is 0 Å². The van der Waals surface area contributed by atoms with E-state index in [0.717, 1.165) is 11.1 Å². The average molecular weight is 283 g/mol. The summed E-state index contributed by atoms with van der Waals surface area (Å²) in [6.07, 6.45) is 0. The molecule has 0 fully saturated rings. The van der Waals surface area contributed by atoms with Crippen LogP contribution in [0.2, 0.25) is 0 Å². The van der Waals surface area contributed by atoms with E-state index in [4.69, 9.17) is 0 Å². The number of hydrogen-bond acceptors (Lipinski definition) is 2. The molecular formula is C17H17NO3. The van der Waals surface area contributed by atoms with Crippen LogP contribution in [-0.4, -0.2) is 23.0 Å². The molecule has 1 unspecified atom stereocenters. The van der Waals surface area contributed by atoms with Gasteiger partial charge in [0.2, 0.25) is 5.91 Å². The third-order valence-electron chi connectivity index (χ3n) is 3.28. The van der Waals surface area contributed by atoms with Gasteiger partial charge >= 0.3 is 5.97 Å². The van der Waals surface area contributed by atoms with Gasteiger partial charge in [-0.2, -0.15) is 0 Å². The average Bonchev–Trinajstić information content (AvgIpc) is 2.48. The smallest absolute Gasteiger partial charge is 0.327 e. The molecule has 0 aliphatic rings. The second-order valence-electron chi connectivity index (χ2n) is 4.82. The van der Waals surface area contributed by atoms with Crippen molar-refractivity contribution in [3.05, 3.63) is 71.8 Å². The molecule has 4 heteroatoms.